The summed E-state index contributed by atoms with van der Waals surface area (Å²) >= 11 is 0. The molecule has 0 fully saturated rings. The molecule has 7 nitrogen and oxygen atoms in total. The van der Waals surface area contributed by atoms with Gasteiger partial charge in [0.15, 0.2) is 0 Å². The number of ether oxygens (including phenoxy) is 2. The fraction of sp³-hybridized carbons (Fsp3) is 0.706. The number of carbonyl (C=O) groups is 2. The highest BCUT2D eigenvalue weighted by atomic mass is 16.5. The van der Waals surface area contributed by atoms with Gasteiger partial charge < -0.3 is 19.6 Å². The molecule has 0 aliphatic carbocycles. The third kappa shape index (κ3) is 8.10. The van der Waals surface area contributed by atoms with Gasteiger partial charge in [0.1, 0.15) is 12.2 Å². The highest BCUT2D eigenvalue weighted by Crippen LogP contribution is 2.15. The van der Waals surface area contributed by atoms with Crippen molar-refractivity contribution >= 4 is 11.9 Å². The minimum absolute atomic E-state index is 0.264. The van der Waals surface area contributed by atoms with Crippen LogP contribution in [0.4, 0.5) is 0 Å². The first kappa shape index (κ1) is 20.2. The Labute approximate surface area is 142 Å². The molecule has 1 heterocycles. The van der Waals surface area contributed by atoms with Crippen LogP contribution in [0.3, 0.4) is 0 Å². The Morgan fingerprint density at radius 2 is 1.83 bits per heavy atom. The van der Waals surface area contributed by atoms with Gasteiger partial charge in [0.25, 0.3) is 0 Å². The zero-order valence-corrected chi connectivity index (χ0v) is 14.7. The van der Waals surface area contributed by atoms with Gasteiger partial charge in [0.05, 0.1) is 18.9 Å². The van der Waals surface area contributed by atoms with Crippen molar-refractivity contribution in [2.75, 3.05) is 0 Å². The second-order valence-corrected chi connectivity index (χ2v) is 5.86. The molecule has 1 aromatic rings. The average molecular weight is 340 g/mol. The lowest BCUT2D eigenvalue weighted by Gasteiger charge is -2.23. The molecule has 3 unspecified atom stereocenters. The number of aliphatic hydroxyl groups is 1. The van der Waals surface area contributed by atoms with Gasteiger partial charge in [-0.3, -0.25) is 9.59 Å². The Bertz CT molecular complexity index is 489. The molecule has 0 aliphatic heterocycles. The van der Waals surface area contributed by atoms with Gasteiger partial charge in [-0.1, -0.05) is 13.8 Å². The standard InChI is InChI=1S/C17H28N2O5/c1-4-15(23-12(3)20)8-14(21)9-16(5-2)24-17(22)7-6-13-10-18-11-19-13/h10-11,14-16,21H,4-9H2,1-3H3,(H,18,19). The smallest absolute Gasteiger partial charge is 0.306 e. The van der Waals surface area contributed by atoms with E-state index in [9.17, 15) is 14.7 Å². The summed E-state index contributed by atoms with van der Waals surface area (Å²) in [5, 5.41) is 10.2. The minimum Gasteiger partial charge on any atom is -0.462 e. The number of esters is 2. The molecular weight excluding hydrogens is 312 g/mol. The summed E-state index contributed by atoms with van der Waals surface area (Å²) in [4.78, 5) is 29.7. The molecule has 0 amide bonds. The normalized spacial score (nSPS) is 14.7. The van der Waals surface area contributed by atoms with Crippen molar-refractivity contribution in [3.63, 3.8) is 0 Å². The fourth-order valence-corrected chi connectivity index (χ4v) is 2.44. The van der Waals surface area contributed by atoms with Crippen LogP contribution in [0.1, 0.15) is 58.6 Å². The van der Waals surface area contributed by atoms with E-state index in [1.54, 1.807) is 12.5 Å². The van der Waals surface area contributed by atoms with Crippen LogP contribution in [-0.2, 0) is 25.5 Å². The van der Waals surface area contributed by atoms with Crippen molar-refractivity contribution in [2.24, 2.45) is 0 Å². The Balaban J connectivity index is 2.36. The van der Waals surface area contributed by atoms with Crippen LogP contribution in [0.2, 0.25) is 0 Å². The van der Waals surface area contributed by atoms with Crippen LogP contribution in [0.25, 0.3) is 0 Å². The molecule has 1 aromatic heterocycles. The van der Waals surface area contributed by atoms with E-state index in [-0.39, 0.29) is 30.6 Å². The lowest BCUT2D eigenvalue weighted by Crippen LogP contribution is -2.28. The molecule has 0 radical (unpaired) electrons. The van der Waals surface area contributed by atoms with E-state index in [1.165, 1.54) is 6.92 Å². The number of aromatic amines is 1. The summed E-state index contributed by atoms with van der Waals surface area (Å²) in [6.45, 7) is 5.15. The van der Waals surface area contributed by atoms with E-state index >= 15 is 0 Å². The largest absolute Gasteiger partial charge is 0.462 e. The molecule has 0 bridgehead atoms. The Hall–Kier alpha value is -1.89. The Morgan fingerprint density at radius 1 is 1.21 bits per heavy atom. The molecule has 7 heteroatoms. The molecule has 136 valence electrons. The van der Waals surface area contributed by atoms with Gasteiger partial charge in [-0.25, -0.2) is 4.98 Å². The fourth-order valence-electron chi connectivity index (χ4n) is 2.44. The van der Waals surface area contributed by atoms with Crippen molar-refractivity contribution in [2.45, 2.75) is 77.6 Å². The number of H-pyrrole nitrogens is 1. The zero-order valence-electron chi connectivity index (χ0n) is 14.7. The minimum atomic E-state index is -0.681. The van der Waals surface area contributed by atoms with Crippen LogP contribution >= 0.6 is 0 Å². The number of aromatic nitrogens is 2. The third-order valence-electron chi connectivity index (χ3n) is 3.76. The maximum Gasteiger partial charge on any atom is 0.306 e. The number of aliphatic hydroxyl groups excluding tert-OH is 1. The van der Waals surface area contributed by atoms with Gasteiger partial charge in [-0.15, -0.1) is 0 Å². The predicted octanol–water partition coefficient (Wildman–Crippen LogP) is 2.15. The maximum absolute atomic E-state index is 11.9. The lowest BCUT2D eigenvalue weighted by atomic mass is 10.0. The summed E-state index contributed by atoms with van der Waals surface area (Å²) in [6, 6.07) is 0. The number of carbonyl (C=O) groups excluding carboxylic acids is 2. The molecule has 0 spiro atoms. The van der Waals surface area contributed by atoms with Crippen molar-refractivity contribution in [1.82, 2.24) is 9.97 Å². The van der Waals surface area contributed by atoms with E-state index in [0.29, 0.717) is 32.1 Å². The lowest BCUT2D eigenvalue weighted by molar-refractivity contribution is -0.151. The van der Waals surface area contributed by atoms with Crippen LogP contribution in [0.5, 0.6) is 0 Å². The highest BCUT2D eigenvalue weighted by Gasteiger charge is 2.21. The highest BCUT2D eigenvalue weighted by molar-refractivity contribution is 5.69. The summed E-state index contributed by atoms with van der Waals surface area (Å²) in [7, 11) is 0. The summed E-state index contributed by atoms with van der Waals surface area (Å²) < 4.78 is 10.6. The van der Waals surface area contributed by atoms with Gasteiger partial charge in [-0.05, 0) is 19.3 Å². The summed E-state index contributed by atoms with van der Waals surface area (Å²) in [5.41, 5.74) is 0.882. The number of hydrogen-bond acceptors (Lipinski definition) is 6. The summed E-state index contributed by atoms with van der Waals surface area (Å²) in [6.07, 6.45) is 4.65. The van der Waals surface area contributed by atoms with Crippen LogP contribution in [-0.4, -0.2) is 45.3 Å². The van der Waals surface area contributed by atoms with Gasteiger partial charge in [0, 0.05) is 31.7 Å². The number of hydrogen-bond donors (Lipinski definition) is 2. The number of nitrogens with zero attached hydrogens (tertiary/aromatic N) is 1. The topological polar surface area (TPSA) is 102 Å². The third-order valence-corrected chi connectivity index (χ3v) is 3.76. The SMILES string of the molecule is CCC(CC(O)CC(CC)OC(=O)CCc1cnc[nH]1)OC(C)=O. The van der Waals surface area contributed by atoms with Crippen LogP contribution < -0.4 is 0 Å². The second kappa shape index (κ2) is 10.8. The number of rotatable bonds is 11. The molecule has 0 saturated heterocycles. The monoisotopic (exact) mass is 340 g/mol. The first-order valence-electron chi connectivity index (χ1n) is 8.46. The van der Waals surface area contributed by atoms with Crippen LogP contribution in [0, 0.1) is 0 Å². The molecule has 2 N–H and O–H groups in total. The molecule has 0 aromatic carbocycles. The molecule has 1 rings (SSSR count). The van der Waals surface area contributed by atoms with Crippen molar-refractivity contribution in [3.05, 3.63) is 18.2 Å². The Morgan fingerprint density at radius 3 is 2.33 bits per heavy atom. The quantitative estimate of drug-likeness (QED) is 0.599. The van der Waals surface area contributed by atoms with E-state index in [2.05, 4.69) is 9.97 Å². The zero-order chi connectivity index (χ0) is 17.9. The van der Waals surface area contributed by atoms with Crippen molar-refractivity contribution in [3.8, 4) is 0 Å². The number of imidazole rings is 1. The van der Waals surface area contributed by atoms with E-state index in [1.807, 2.05) is 13.8 Å². The van der Waals surface area contributed by atoms with Crippen molar-refractivity contribution < 1.29 is 24.2 Å². The van der Waals surface area contributed by atoms with Gasteiger partial charge in [0.2, 0.25) is 0 Å². The average Bonchev–Trinajstić information content (AvgIpc) is 3.04. The van der Waals surface area contributed by atoms with E-state index < -0.39 is 6.10 Å². The predicted molar refractivity (Wildman–Crippen MR) is 88.2 cm³/mol. The Kier molecular flexibility index (Phi) is 9.07. The molecule has 0 aliphatic rings. The first-order chi connectivity index (χ1) is 11.4. The van der Waals surface area contributed by atoms with E-state index in [4.69, 9.17) is 9.47 Å². The number of nitrogens with one attached hydrogen (secondary N) is 1. The van der Waals surface area contributed by atoms with Gasteiger partial charge in [-0.2, -0.15) is 0 Å². The second-order valence-electron chi connectivity index (χ2n) is 5.86. The number of aryl methyl sites for hydroxylation is 1. The molecular formula is C17H28N2O5. The molecule has 3 atom stereocenters. The van der Waals surface area contributed by atoms with Crippen molar-refractivity contribution in [1.29, 1.82) is 0 Å². The molecule has 0 saturated carbocycles. The van der Waals surface area contributed by atoms with Crippen LogP contribution in [0.15, 0.2) is 12.5 Å². The van der Waals surface area contributed by atoms with Gasteiger partial charge >= 0.3 is 11.9 Å². The van der Waals surface area contributed by atoms with E-state index in [0.717, 1.165) is 5.69 Å². The summed E-state index contributed by atoms with van der Waals surface area (Å²) in [5.74, 6) is -0.651. The maximum atomic E-state index is 11.9. The first-order valence-corrected chi connectivity index (χ1v) is 8.46. The molecule has 24 heavy (non-hydrogen) atoms.